The molecule has 0 heterocycles. The van der Waals surface area contributed by atoms with Crippen LogP contribution < -0.4 is 0 Å². The third-order valence-electron chi connectivity index (χ3n) is 16.1. The molecule has 0 bridgehead atoms. The predicted octanol–water partition coefficient (Wildman–Crippen LogP) is 24.1. The van der Waals surface area contributed by atoms with E-state index in [-0.39, 0.29) is 43.3 Å². The van der Waals surface area contributed by atoms with Crippen LogP contribution in [0.3, 0.4) is 0 Å². The molecule has 0 atom stereocenters. The number of rotatable bonds is 10. The molecule has 82 heavy (non-hydrogen) atoms. The van der Waals surface area contributed by atoms with Crippen LogP contribution in [0.1, 0.15) is 255 Å². The number of benzene rings is 7. The molecular formula is C82H102. The molecule has 7 rings (SSSR count). The van der Waals surface area contributed by atoms with E-state index in [9.17, 15) is 0 Å². The SMILES string of the molecule is CC(C)(C)c1cc(C=Cc2cc(C=Cc3cc(C(C)(C)C)cc(C(C)(C)C)c3)cc(-c3ccc(-c4cc(C=Cc5cc(C(C)(C)C)cc(C(C)(C)C)c5)cc(C=Cc5cc(C(C)(C)C)cc(C(C)(C)C)c5)c4)cc3)c2)cc(C(C)(C)C)c1. The molecule has 0 aliphatic rings. The van der Waals surface area contributed by atoms with E-state index in [1.54, 1.807) is 0 Å². The summed E-state index contributed by atoms with van der Waals surface area (Å²) in [5, 5.41) is 0. The van der Waals surface area contributed by atoms with Crippen molar-refractivity contribution >= 4 is 48.6 Å². The van der Waals surface area contributed by atoms with Crippen molar-refractivity contribution in [2.45, 2.75) is 209 Å². The average Bonchev–Trinajstić information content (AvgIpc) is 3.56. The van der Waals surface area contributed by atoms with E-state index in [1.807, 2.05) is 0 Å². The van der Waals surface area contributed by atoms with Crippen molar-refractivity contribution in [3.05, 3.63) is 222 Å². The quantitative estimate of drug-likeness (QED) is 0.120. The lowest BCUT2D eigenvalue weighted by Crippen LogP contribution is -2.16. The fourth-order valence-corrected chi connectivity index (χ4v) is 10.2. The first-order chi connectivity index (χ1) is 37.6. The topological polar surface area (TPSA) is 0 Å². The first kappa shape index (κ1) is 63.1. The number of hydrogen-bond donors (Lipinski definition) is 0. The highest BCUT2D eigenvalue weighted by atomic mass is 14.3. The summed E-state index contributed by atoms with van der Waals surface area (Å²) in [7, 11) is 0. The van der Waals surface area contributed by atoms with Gasteiger partial charge in [0.15, 0.2) is 0 Å². The van der Waals surface area contributed by atoms with E-state index in [1.165, 1.54) is 111 Å². The highest BCUT2D eigenvalue weighted by molar-refractivity contribution is 5.83. The van der Waals surface area contributed by atoms with Crippen molar-refractivity contribution in [2.75, 3.05) is 0 Å². The molecule has 0 unspecified atom stereocenters. The molecule has 0 aliphatic carbocycles. The minimum Gasteiger partial charge on any atom is -0.0561 e. The second kappa shape index (κ2) is 23.3. The van der Waals surface area contributed by atoms with E-state index < -0.39 is 0 Å². The monoisotopic (exact) mass is 1090 g/mol. The molecule has 0 saturated heterocycles. The van der Waals surface area contributed by atoms with Gasteiger partial charge in [0.2, 0.25) is 0 Å². The lowest BCUT2D eigenvalue weighted by atomic mass is 9.79. The second-order valence-electron chi connectivity index (χ2n) is 32.1. The van der Waals surface area contributed by atoms with Gasteiger partial charge in [0.05, 0.1) is 0 Å². The van der Waals surface area contributed by atoms with Crippen LogP contribution >= 0.6 is 0 Å². The Labute approximate surface area is 500 Å². The van der Waals surface area contributed by atoms with Crippen LogP contribution in [0.5, 0.6) is 0 Å². The van der Waals surface area contributed by atoms with Gasteiger partial charge < -0.3 is 0 Å². The van der Waals surface area contributed by atoms with Crippen molar-refractivity contribution in [1.82, 2.24) is 0 Å². The van der Waals surface area contributed by atoms with Gasteiger partial charge in [0, 0.05) is 0 Å². The van der Waals surface area contributed by atoms with Crippen LogP contribution in [0.25, 0.3) is 70.9 Å². The molecule has 0 aromatic heterocycles. The molecule has 0 fully saturated rings. The molecule has 0 radical (unpaired) electrons. The fraction of sp³-hybridized carbons (Fsp3) is 0.390. The minimum atomic E-state index is 0.0333. The largest absolute Gasteiger partial charge is 0.0561 e. The minimum absolute atomic E-state index is 0.0333. The summed E-state index contributed by atoms with van der Waals surface area (Å²) in [6.45, 7) is 55.5. The van der Waals surface area contributed by atoms with Crippen LogP contribution in [0.15, 0.2) is 133 Å². The molecule has 0 nitrogen and oxygen atoms in total. The maximum atomic E-state index is 2.40. The van der Waals surface area contributed by atoms with Crippen LogP contribution in [-0.4, -0.2) is 0 Å². The summed E-state index contributed by atoms with van der Waals surface area (Å²) in [4.78, 5) is 0. The Balaban J connectivity index is 1.35. The first-order valence-electron chi connectivity index (χ1n) is 30.4. The Morgan fingerprint density at radius 3 is 0.427 bits per heavy atom. The summed E-state index contributed by atoms with van der Waals surface area (Å²) in [5.74, 6) is 0. The van der Waals surface area contributed by atoms with E-state index in [2.05, 4.69) is 348 Å². The van der Waals surface area contributed by atoms with Gasteiger partial charge in [0.1, 0.15) is 0 Å². The van der Waals surface area contributed by atoms with Crippen LogP contribution in [-0.2, 0) is 43.3 Å². The molecule has 430 valence electrons. The molecule has 0 N–H and O–H groups in total. The molecule has 7 aromatic rings. The Kier molecular flexibility index (Phi) is 17.9. The van der Waals surface area contributed by atoms with Gasteiger partial charge in [-0.15, -0.1) is 0 Å². The molecule has 0 spiro atoms. The van der Waals surface area contributed by atoms with Crippen molar-refractivity contribution in [1.29, 1.82) is 0 Å². The Hall–Kier alpha value is -6.50. The maximum Gasteiger partial charge on any atom is -0.0132 e. The third-order valence-corrected chi connectivity index (χ3v) is 16.1. The summed E-state index contributed by atoms with van der Waals surface area (Å²) >= 11 is 0. The van der Waals surface area contributed by atoms with E-state index >= 15 is 0 Å². The average molecular weight is 1090 g/mol. The highest BCUT2D eigenvalue weighted by Crippen LogP contribution is 2.37. The third kappa shape index (κ3) is 16.8. The van der Waals surface area contributed by atoms with Crippen LogP contribution in [0, 0.1) is 0 Å². The summed E-state index contributed by atoms with van der Waals surface area (Å²) in [6, 6.07) is 51.9. The number of hydrogen-bond acceptors (Lipinski definition) is 0. The smallest absolute Gasteiger partial charge is 0.0132 e. The van der Waals surface area contributed by atoms with Crippen molar-refractivity contribution in [3.8, 4) is 22.3 Å². The molecular weight excluding hydrogens is 985 g/mol. The van der Waals surface area contributed by atoms with Gasteiger partial charge in [-0.05, 0) is 191 Å². The van der Waals surface area contributed by atoms with E-state index in [4.69, 9.17) is 0 Å². The van der Waals surface area contributed by atoms with E-state index in [0.717, 1.165) is 0 Å². The Morgan fingerprint density at radius 2 is 0.293 bits per heavy atom. The predicted molar refractivity (Wildman–Crippen MR) is 368 cm³/mol. The highest BCUT2D eigenvalue weighted by Gasteiger charge is 2.24. The van der Waals surface area contributed by atoms with Gasteiger partial charge in [-0.25, -0.2) is 0 Å². The fourth-order valence-electron chi connectivity index (χ4n) is 10.2. The van der Waals surface area contributed by atoms with Gasteiger partial charge in [-0.1, -0.05) is 312 Å². The molecule has 0 aliphatic heterocycles. The molecule has 7 aromatic carbocycles. The summed E-state index contributed by atoms with van der Waals surface area (Å²) < 4.78 is 0. The Morgan fingerprint density at radius 1 is 0.159 bits per heavy atom. The maximum absolute atomic E-state index is 2.40. The molecule has 0 saturated carbocycles. The zero-order valence-electron chi connectivity index (χ0n) is 55.3. The lowest BCUT2D eigenvalue weighted by Gasteiger charge is -2.25. The normalized spacial score (nSPS) is 13.7. The lowest BCUT2D eigenvalue weighted by molar-refractivity contribution is 0.568. The summed E-state index contributed by atoms with van der Waals surface area (Å²) in [6.07, 6.45) is 18.5. The van der Waals surface area contributed by atoms with E-state index in [0.29, 0.717) is 0 Å². The van der Waals surface area contributed by atoms with Gasteiger partial charge in [-0.2, -0.15) is 0 Å². The second-order valence-corrected chi connectivity index (χ2v) is 32.1. The van der Waals surface area contributed by atoms with Crippen molar-refractivity contribution in [2.24, 2.45) is 0 Å². The summed E-state index contributed by atoms with van der Waals surface area (Å²) in [5.41, 5.74) is 25.4. The zero-order valence-corrected chi connectivity index (χ0v) is 55.3. The van der Waals surface area contributed by atoms with Gasteiger partial charge in [-0.3, -0.25) is 0 Å². The standard InChI is InChI=1S/C82H102/c1-75(2,3)67-43-59(44-68(51-67)76(4,5)6)29-25-55-37-56(26-30-60-45-69(77(7,8)9)52-70(46-60)78(10,11)12)40-65(39-55)63-33-35-64(36-34-63)66-41-57(27-31-61-47-71(79(13,14)15)53-72(48-61)80(16,17)18)38-58(42-66)28-32-62-49-73(81(19,20)21)54-74(50-62)82(22,23)24/h25-54H,1-24H3. The molecule has 0 heteroatoms. The molecule has 0 amide bonds. The van der Waals surface area contributed by atoms with Crippen molar-refractivity contribution in [3.63, 3.8) is 0 Å². The Bertz CT molecular complexity index is 2960. The van der Waals surface area contributed by atoms with Crippen molar-refractivity contribution < 1.29 is 0 Å². The first-order valence-corrected chi connectivity index (χ1v) is 30.4. The van der Waals surface area contributed by atoms with Gasteiger partial charge >= 0.3 is 0 Å². The van der Waals surface area contributed by atoms with Crippen LogP contribution in [0.4, 0.5) is 0 Å². The zero-order chi connectivity index (χ0) is 60.8. The van der Waals surface area contributed by atoms with Crippen LogP contribution in [0.2, 0.25) is 0 Å². The van der Waals surface area contributed by atoms with Gasteiger partial charge in [0.25, 0.3) is 0 Å².